The SMILES string of the molecule is CCOC(=O)CCNC(=O)c1nn(-c2ccc(Cl)cc2Cl)c(-c2ccc(C(C)C)cc2)c1C. The van der Waals surface area contributed by atoms with Crippen LogP contribution in [0.5, 0.6) is 0 Å². The first-order chi connectivity index (χ1) is 15.7. The number of hydrogen-bond donors (Lipinski definition) is 1. The van der Waals surface area contributed by atoms with Crippen molar-refractivity contribution in [2.24, 2.45) is 0 Å². The number of esters is 1. The number of carbonyl (C=O) groups excluding carboxylic acids is 2. The average Bonchev–Trinajstić information content (AvgIpc) is 3.10. The fourth-order valence-corrected chi connectivity index (χ4v) is 3.99. The van der Waals surface area contributed by atoms with E-state index in [-0.39, 0.29) is 30.5 Å². The minimum atomic E-state index is -0.374. The Morgan fingerprint density at radius 1 is 1.12 bits per heavy atom. The van der Waals surface area contributed by atoms with Crippen molar-refractivity contribution in [1.82, 2.24) is 15.1 Å². The Hall–Kier alpha value is -2.83. The summed E-state index contributed by atoms with van der Waals surface area (Å²) in [4.78, 5) is 24.5. The molecule has 1 aromatic heterocycles. The number of carbonyl (C=O) groups is 2. The highest BCUT2D eigenvalue weighted by Gasteiger charge is 2.23. The van der Waals surface area contributed by atoms with Gasteiger partial charge in [0.15, 0.2) is 5.69 Å². The lowest BCUT2D eigenvalue weighted by Gasteiger charge is -2.12. The van der Waals surface area contributed by atoms with Gasteiger partial charge in [0.1, 0.15) is 0 Å². The van der Waals surface area contributed by atoms with Crippen LogP contribution in [0.2, 0.25) is 10.0 Å². The summed E-state index contributed by atoms with van der Waals surface area (Å²) in [7, 11) is 0. The van der Waals surface area contributed by atoms with Gasteiger partial charge in [-0.3, -0.25) is 9.59 Å². The molecule has 0 aliphatic heterocycles. The average molecular weight is 488 g/mol. The summed E-state index contributed by atoms with van der Waals surface area (Å²) < 4.78 is 6.57. The van der Waals surface area contributed by atoms with Crippen molar-refractivity contribution < 1.29 is 14.3 Å². The van der Waals surface area contributed by atoms with Crippen LogP contribution < -0.4 is 5.32 Å². The topological polar surface area (TPSA) is 73.2 Å². The Balaban J connectivity index is 2.02. The molecule has 3 rings (SSSR count). The molecule has 3 aromatic rings. The molecule has 2 aromatic carbocycles. The summed E-state index contributed by atoms with van der Waals surface area (Å²) in [5.74, 6) is -0.337. The van der Waals surface area contributed by atoms with Gasteiger partial charge in [-0.1, -0.05) is 61.3 Å². The number of ether oxygens (including phenoxy) is 1. The van der Waals surface area contributed by atoms with E-state index in [1.165, 1.54) is 5.56 Å². The maximum atomic E-state index is 12.9. The van der Waals surface area contributed by atoms with Crippen molar-refractivity contribution in [3.63, 3.8) is 0 Å². The van der Waals surface area contributed by atoms with E-state index in [0.717, 1.165) is 11.3 Å². The molecule has 0 unspecified atom stereocenters. The second kappa shape index (κ2) is 10.9. The predicted molar refractivity (Wildman–Crippen MR) is 131 cm³/mol. The standard InChI is InChI=1S/C25H27Cl2N3O3/c1-5-33-22(31)12-13-28-25(32)23-16(4)24(18-8-6-17(7-9-18)15(2)3)30(29-23)21-11-10-19(26)14-20(21)27/h6-11,14-15H,5,12-13H2,1-4H3,(H,28,32). The molecule has 0 bridgehead atoms. The summed E-state index contributed by atoms with van der Waals surface area (Å²) >= 11 is 12.6. The molecule has 174 valence electrons. The van der Waals surface area contributed by atoms with Gasteiger partial charge in [-0.2, -0.15) is 5.10 Å². The van der Waals surface area contributed by atoms with Crippen molar-refractivity contribution in [2.45, 2.75) is 40.0 Å². The third-order valence-electron chi connectivity index (χ3n) is 5.25. The Morgan fingerprint density at radius 3 is 2.42 bits per heavy atom. The largest absolute Gasteiger partial charge is 0.466 e. The molecule has 33 heavy (non-hydrogen) atoms. The normalized spacial score (nSPS) is 11.0. The number of hydrogen-bond acceptors (Lipinski definition) is 4. The molecular formula is C25H27Cl2N3O3. The highest BCUT2D eigenvalue weighted by Crippen LogP contribution is 2.33. The van der Waals surface area contributed by atoms with Gasteiger partial charge in [-0.05, 0) is 43.5 Å². The molecule has 0 aliphatic carbocycles. The first kappa shape index (κ1) is 24.8. The fourth-order valence-electron chi connectivity index (χ4n) is 3.50. The van der Waals surface area contributed by atoms with Crippen LogP contribution in [0, 0.1) is 6.92 Å². The minimum absolute atomic E-state index is 0.0892. The van der Waals surface area contributed by atoms with E-state index in [4.69, 9.17) is 27.9 Å². The van der Waals surface area contributed by atoms with Crippen molar-refractivity contribution in [1.29, 1.82) is 0 Å². The zero-order valence-corrected chi connectivity index (χ0v) is 20.6. The van der Waals surface area contributed by atoms with Crippen LogP contribution in [0.15, 0.2) is 42.5 Å². The Bertz CT molecular complexity index is 1150. The van der Waals surface area contributed by atoms with Gasteiger partial charge in [-0.15, -0.1) is 0 Å². The third-order valence-corrected chi connectivity index (χ3v) is 5.78. The molecular weight excluding hydrogens is 461 g/mol. The lowest BCUT2D eigenvalue weighted by molar-refractivity contribution is -0.142. The van der Waals surface area contributed by atoms with Crippen LogP contribution in [-0.2, 0) is 9.53 Å². The lowest BCUT2D eigenvalue weighted by Crippen LogP contribution is -2.27. The Morgan fingerprint density at radius 2 is 1.82 bits per heavy atom. The molecule has 0 saturated carbocycles. The van der Waals surface area contributed by atoms with Gasteiger partial charge in [0.05, 0.1) is 29.4 Å². The van der Waals surface area contributed by atoms with Crippen LogP contribution in [0.25, 0.3) is 16.9 Å². The van der Waals surface area contributed by atoms with Gasteiger partial charge in [0.25, 0.3) is 5.91 Å². The van der Waals surface area contributed by atoms with E-state index in [0.29, 0.717) is 33.8 Å². The predicted octanol–water partition coefficient (Wildman–Crippen LogP) is 5.96. The molecule has 0 radical (unpaired) electrons. The molecule has 0 atom stereocenters. The van der Waals surface area contributed by atoms with E-state index >= 15 is 0 Å². The molecule has 1 heterocycles. The minimum Gasteiger partial charge on any atom is -0.466 e. The highest BCUT2D eigenvalue weighted by molar-refractivity contribution is 6.35. The Kier molecular flexibility index (Phi) is 8.16. The molecule has 0 aliphatic rings. The lowest BCUT2D eigenvalue weighted by atomic mass is 9.99. The maximum Gasteiger partial charge on any atom is 0.307 e. The first-order valence-corrected chi connectivity index (χ1v) is 11.6. The van der Waals surface area contributed by atoms with Gasteiger partial charge >= 0.3 is 5.97 Å². The molecule has 6 nitrogen and oxygen atoms in total. The number of nitrogens with one attached hydrogen (secondary N) is 1. The number of amides is 1. The summed E-state index contributed by atoms with van der Waals surface area (Å²) in [6, 6.07) is 13.3. The van der Waals surface area contributed by atoms with Crippen molar-refractivity contribution >= 4 is 35.1 Å². The molecule has 1 amide bonds. The fraction of sp³-hybridized carbons (Fsp3) is 0.320. The summed E-state index contributed by atoms with van der Waals surface area (Å²) in [5.41, 5.74) is 4.44. The van der Waals surface area contributed by atoms with E-state index in [2.05, 4.69) is 36.4 Å². The number of nitrogens with zero attached hydrogens (tertiary/aromatic N) is 2. The second-order valence-electron chi connectivity index (χ2n) is 7.92. The molecule has 1 N–H and O–H groups in total. The van der Waals surface area contributed by atoms with Crippen LogP contribution in [0.1, 0.15) is 54.7 Å². The number of halogens is 2. The quantitative estimate of drug-likeness (QED) is 0.397. The van der Waals surface area contributed by atoms with Crippen molar-refractivity contribution in [3.8, 4) is 16.9 Å². The molecule has 0 fully saturated rings. The molecule has 0 spiro atoms. The second-order valence-corrected chi connectivity index (χ2v) is 8.76. The van der Waals surface area contributed by atoms with E-state index in [1.807, 2.05) is 19.1 Å². The summed E-state index contributed by atoms with van der Waals surface area (Å²) in [6.45, 7) is 8.32. The van der Waals surface area contributed by atoms with Crippen LogP contribution in [0.3, 0.4) is 0 Å². The van der Waals surface area contributed by atoms with Crippen LogP contribution >= 0.6 is 23.2 Å². The van der Waals surface area contributed by atoms with Crippen molar-refractivity contribution in [2.75, 3.05) is 13.2 Å². The summed E-state index contributed by atoms with van der Waals surface area (Å²) in [6.07, 6.45) is 0.0892. The number of benzene rings is 2. The summed E-state index contributed by atoms with van der Waals surface area (Å²) in [5, 5.41) is 8.27. The van der Waals surface area contributed by atoms with E-state index in [1.54, 1.807) is 29.8 Å². The first-order valence-electron chi connectivity index (χ1n) is 10.8. The zero-order valence-electron chi connectivity index (χ0n) is 19.1. The zero-order chi connectivity index (χ0) is 24.1. The maximum absolute atomic E-state index is 12.9. The monoisotopic (exact) mass is 487 g/mol. The van der Waals surface area contributed by atoms with Crippen LogP contribution in [0.4, 0.5) is 0 Å². The smallest absolute Gasteiger partial charge is 0.307 e. The van der Waals surface area contributed by atoms with Gasteiger partial charge in [0.2, 0.25) is 0 Å². The van der Waals surface area contributed by atoms with Gasteiger partial charge in [0, 0.05) is 22.7 Å². The van der Waals surface area contributed by atoms with E-state index < -0.39 is 0 Å². The van der Waals surface area contributed by atoms with Gasteiger partial charge in [-0.25, -0.2) is 4.68 Å². The molecule has 0 saturated heterocycles. The Labute approximate surface area is 203 Å². The van der Waals surface area contributed by atoms with Gasteiger partial charge < -0.3 is 10.1 Å². The van der Waals surface area contributed by atoms with E-state index in [9.17, 15) is 9.59 Å². The van der Waals surface area contributed by atoms with Crippen molar-refractivity contribution in [3.05, 3.63) is 69.3 Å². The third kappa shape index (κ3) is 5.75. The number of aromatic nitrogens is 2. The molecule has 8 heteroatoms. The van der Waals surface area contributed by atoms with Crippen LogP contribution in [-0.4, -0.2) is 34.8 Å². The number of rotatable bonds is 8. The highest BCUT2D eigenvalue weighted by atomic mass is 35.5.